The number of ether oxygens (including phenoxy) is 1. The van der Waals surface area contributed by atoms with E-state index in [1.54, 1.807) is 6.07 Å². The van der Waals surface area contributed by atoms with Gasteiger partial charge >= 0.3 is 11.9 Å². The van der Waals surface area contributed by atoms with Crippen molar-refractivity contribution < 1.29 is 24.5 Å². The number of hydrogen-bond acceptors (Lipinski definition) is 4. The number of rotatable bonds is 6. The van der Waals surface area contributed by atoms with Gasteiger partial charge in [-0.15, -0.1) is 11.8 Å². The smallest absolute Gasteiger partial charge is 0.336 e. The normalized spacial score (nSPS) is 10.2. The first-order valence-corrected chi connectivity index (χ1v) is 7.37. The minimum atomic E-state index is -1.29. The Hall–Kier alpha value is -2.47. The number of benzene rings is 2. The van der Waals surface area contributed by atoms with Crippen molar-refractivity contribution in [2.24, 2.45) is 0 Å². The number of hydrogen-bond donors (Lipinski definition) is 2. The molecule has 0 saturated heterocycles. The first-order valence-electron chi connectivity index (χ1n) is 6.38. The maximum atomic E-state index is 11.4. The quantitative estimate of drug-likeness (QED) is 0.794. The second-order valence-electron chi connectivity index (χ2n) is 4.42. The highest BCUT2D eigenvalue weighted by Crippen LogP contribution is 2.29. The van der Waals surface area contributed by atoms with Gasteiger partial charge in [0, 0.05) is 10.6 Å². The molecule has 2 aromatic carbocycles. The van der Waals surface area contributed by atoms with E-state index in [2.05, 4.69) is 0 Å². The third-order valence-corrected chi connectivity index (χ3v) is 4.07. The molecular formula is C16H14O5S. The lowest BCUT2D eigenvalue weighted by atomic mass is 10.0. The van der Waals surface area contributed by atoms with E-state index in [9.17, 15) is 19.8 Å². The molecule has 6 heteroatoms. The summed E-state index contributed by atoms with van der Waals surface area (Å²) in [5.41, 5.74) is -0.0506. The summed E-state index contributed by atoms with van der Waals surface area (Å²) in [6.07, 6.45) is 0. The van der Waals surface area contributed by atoms with Gasteiger partial charge in [-0.3, -0.25) is 0 Å². The molecule has 0 bridgehead atoms. The van der Waals surface area contributed by atoms with Gasteiger partial charge in [-0.25, -0.2) is 9.59 Å². The fraction of sp³-hybridized carbons (Fsp3) is 0.125. The second-order valence-corrected chi connectivity index (χ2v) is 5.47. The Morgan fingerprint density at radius 3 is 2.32 bits per heavy atom. The SMILES string of the molecule is COc1cc(CSc2ccccc2)c(C(=O)O)c(C(=O)O)c1. The van der Waals surface area contributed by atoms with E-state index >= 15 is 0 Å². The topological polar surface area (TPSA) is 83.8 Å². The fourth-order valence-corrected chi connectivity index (χ4v) is 2.90. The van der Waals surface area contributed by atoms with E-state index in [0.29, 0.717) is 17.1 Å². The number of thioether (sulfide) groups is 1. The van der Waals surface area contributed by atoms with E-state index in [1.165, 1.54) is 24.9 Å². The molecule has 0 atom stereocenters. The Bertz CT molecular complexity index is 697. The molecule has 22 heavy (non-hydrogen) atoms. The van der Waals surface area contributed by atoms with Crippen molar-refractivity contribution in [3.05, 3.63) is 59.2 Å². The van der Waals surface area contributed by atoms with Crippen molar-refractivity contribution in [1.29, 1.82) is 0 Å². The minimum Gasteiger partial charge on any atom is -0.497 e. The number of carbonyl (C=O) groups is 2. The molecular weight excluding hydrogens is 304 g/mol. The zero-order valence-corrected chi connectivity index (χ0v) is 12.6. The first-order chi connectivity index (χ1) is 10.5. The van der Waals surface area contributed by atoms with Crippen LogP contribution in [0.25, 0.3) is 0 Å². The average molecular weight is 318 g/mol. The van der Waals surface area contributed by atoms with Crippen LogP contribution in [0.1, 0.15) is 26.3 Å². The Morgan fingerprint density at radius 2 is 1.77 bits per heavy atom. The van der Waals surface area contributed by atoms with Gasteiger partial charge in [-0.2, -0.15) is 0 Å². The van der Waals surface area contributed by atoms with Crippen molar-refractivity contribution in [3.63, 3.8) is 0 Å². The zero-order valence-electron chi connectivity index (χ0n) is 11.8. The summed E-state index contributed by atoms with van der Waals surface area (Å²) >= 11 is 1.43. The molecule has 0 aliphatic carbocycles. The predicted octanol–water partition coefficient (Wildman–Crippen LogP) is 3.38. The van der Waals surface area contributed by atoms with E-state index in [4.69, 9.17) is 4.74 Å². The maximum absolute atomic E-state index is 11.4. The summed E-state index contributed by atoms with van der Waals surface area (Å²) in [5.74, 6) is -1.89. The molecule has 0 aliphatic rings. The molecule has 2 rings (SSSR count). The van der Waals surface area contributed by atoms with Gasteiger partial charge in [0.05, 0.1) is 18.2 Å². The molecule has 0 aliphatic heterocycles. The summed E-state index contributed by atoms with van der Waals surface area (Å²) in [6, 6.07) is 12.3. The summed E-state index contributed by atoms with van der Waals surface area (Å²) in [4.78, 5) is 23.7. The summed E-state index contributed by atoms with van der Waals surface area (Å²) < 4.78 is 5.07. The van der Waals surface area contributed by atoms with Crippen molar-refractivity contribution in [2.75, 3.05) is 7.11 Å². The van der Waals surface area contributed by atoms with Crippen LogP contribution in [0.3, 0.4) is 0 Å². The van der Waals surface area contributed by atoms with E-state index in [0.717, 1.165) is 4.90 Å². The first kappa shape index (κ1) is 15.9. The molecule has 114 valence electrons. The Morgan fingerprint density at radius 1 is 1.09 bits per heavy atom. The van der Waals surface area contributed by atoms with Crippen LogP contribution in [-0.4, -0.2) is 29.3 Å². The third kappa shape index (κ3) is 3.59. The second kappa shape index (κ2) is 7.00. The molecule has 0 heterocycles. The van der Waals surface area contributed by atoms with Crippen LogP contribution in [0.2, 0.25) is 0 Å². The van der Waals surface area contributed by atoms with Gasteiger partial charge in [0.25, 0.3) is 0 Å². The molecule has 0 unspecified atom stereocenters. The number of aromatic carboxylic acids is 2. The standard InChI is InChI=1S/C16H14O5S/c1-21-11-7-10(9-22-12-5-3-2-4-6-12)14(16(19)20)13(8-11)15(17)18/h2-8H,9H2,1H3,(H,17,18)(H,19,20). The van der Waals surface area contributed by atoms with Crippen molar-refractivity contribution in [1.82, 2.24) is 0 Å². The van der Waals surface area contributed by atoms with Gasteiger partial charge < -0.3 is 14.9 Å². The summed E-state index contributed by atoms with van der Waals surface area (Å²) in [7, 11) is 1.41. The van der Waals surface area contributed by atoms with E-state index < -0.39 is 11.9 Å². The van der Waals surface area contributed by atoms with Gasteiger partial charge in [0.1, 0.15) is 5.75 Å². The highest BCUT2D eigenvalue weighted by atomic mass is 32.2. The lowest BCUT2D eigenvalue weighted by molar-refractivity contribution is 0.0650. The third-order valence-electron chi connectivity index (χ3n) is 3.01. The molecule has 0 radical (unpaired) electrons. The van der Waals surface area contributed by atoms with Gasteiger partial charge in [0.2, 0.25) is 0 Å². The molecule has 0 spiro atoms. The van der Waals surface area contributed by atoms with Crippen LogP contribution in [0.5, 0.6) is 5.75 Å². The maximum Gasteiger partial charge on any atom is 0.336 e. The molecule has 0 saturated carbocycles. The highest BCUT2D eigenvalue weighted by molar-refractivity contribution is 7.98. The van der Waals surface area contributed by atoms with Crippen LogP contribution >= 0.6 is 11.8 Å². The predicted molar refractivity (Wildman–Crippen MR) is 82.9 cm³/mol. The molecule has 2 N–H and O–H groups in total. The van der Waals surface area contributed by atoms with Crippen LogP contribution in [-0.2, 0) is 5.75 Å². The van der Waals surface area contributed by atoms with Crippen molar-refractivity contribution >= 4 is 23.7 Å². The number of methoxy groups -OCH3 is 1. The van der Waals surface area contributed by atoms with Crippen molar-refractivity contribution in [3.8, 4) is 5.75 Å². The largest absolute Gasteiger partial charge is 0.497 e. The van der Waals surface area contributed by atoms with E-state index in [1.807, 2.05) is 30.3 Å². The number of carboxylic acids is 2. The van der Waals surface area contributed by atoms with Gasteiger partial charge in [-0.05, 0) is 29.8 Å². The average Bonchev–Trinajstić information content (AvgIpc) is 2.52. The van der Waals surface area contributed by atoms with Gasteiger partial charge in [-0.1, -0.05) is 18.2 Å². The van der Waals surface area contributed by atoms with Crippen LogP contribution in [0, 0.1) is 0 Å². The zero-order chi connectivity index (χ0) is 16.1. The summed E-state index contributed by atoms with van der Waals surface area (Å²) in [5, 5.41) is 18.6. The molecule has 2 aromatic rings. The lowest BCUT2D eigenvalue weighted by Crippen LogP contribution is -2.11. The minimum absolute atomic E-state index is 0.197. The molecule has 5 nitrogen and oxygen atoms in total. The molecule has 0 amide bonds. The Balaban J connectivity index is 2.41. The Kier molecular flexibility index (Phi) is 5.06. The Labute approximate surface area is 131 Å². The van der Waals surface area contributed by atoms with E-state index in [-0.39, 0.29) is 11.1 Å². The lowest BCUT2D eigenvalue weighted by Gasteiger charge is -2.12. The highest BCUT2D eigenvalue weighted by Gasteiger charge is 2.22. The number of carboxylic acid groups (broad SMARTS) is 2. The molecule has 0 fully saturated rings. The van der Waals surface area contributed by atoms with Crippen LogP contribution in [0.4, 0.5) is 0 Å². The van der Waals surface area contributed by atoms with Crippen LogP contribution in [0.15, 0.2) is 47.4 Å². The fourth-order valence-electron chi connectivity index (χ4n) is 2.00. The monoisotopic (exact) mass is 318 g/mol. The molecule has 0 aromatic heterocycles. The summed E-state index contributed by atoms with van der Waals surface area (Å²) in [6.45, 7) is 0. The van der Waals surface area contributed by atoms with Crippen molar-refractivity contribution in [2.45, 2.75) is 10.6 Å². The van der Waals surface area contributed by atoms with Crippen LogP contribution < -0.4 is 4.74 Å². The van der Waals surface area contributed by atoms with Gasteiger partial charge in [0.15, 0.2) is 0 Å².